The van der Waals surface area contributed by atoms with Gasteiger partial charge in [-0.3, -0.25) is 4.79 Å². The molecule has 4 nitrogen and oxygen atoms in total. The average molecular weight is 416 g/mol. The largest absolute Gasteiger partial charge is 0.487 e. The second-order valence-electron chi connectivity index (χ2n) is 6.37. The third-order valence-corrected chi connectivity index (χ3v) is 4.64. The number of halogens is 1. The Balaban J connectivity index is 1.99. The summed E-state index contributed by atoms with van der Waals surface area (Å²) in [6.07, 6.45) is -0.00376. The second kappa shape index (κ2) is 8.52. The van der Waals surface area contributed by atoms with Crippen LogP contribution in [0.25, 0.3) is 10.9 Å². The molecule has 0 bridgehead atoms. The lowest BCUT2D eigenvalue weighted by atomic mass is 10.0. The SMILES string of the molecule is CC(C)O[C@@H](CBr)c1ccc(OCc2ccccc2)c2[nH]c(=O)ccc12. The fourth-order valence-corrected chi connectivity index (χ4v) is 3.41. The third kappa shape index (κ3) is 4.34. The van der Waals surface area contributed by atoms with E-state index in [0.717, 1.165) is 16.5 Å². The first-order valence-corrected chi connectivity index (χ1v) is 9.74. The van der Waals surface area contributed by atoms with Crippen molar-refractivity contribution in [3.05, 3.63) is 76.1 Å². The molecule has 1 N–H and O–H groups in total. The molecular formula is C21H22BrNO3. The van der Waals surface area contributed by atoms with E-state index in [-0.39, 0.29) is 17.8 Å². The highest BCUT2D eigenvalue weighted by molar-refractivity contribution is 9.09. The van der Waals surface area contributed by atoms with E-state index in [9.17, 15) is 4.79 Å². The number of rotatable bonds is 7. The molecule has 3 aromatic rings. The number of pyridine rings is 1. The van der Waals surface area contributed by atoms with Crippen molar-refractivity contribution in [1.82, 2.24) is 4.98 Å². The Bertz CT molecular complexity index is 921. The maximum atomic E-state index is 11.9. The van der Waals surface area contributed by atoms with E-state index < -0.39 is 0 Å². The Labute approximate surface area is 161 Å². The number of hydrogen-bond donors (Lipinski definition) is 1. The third-order valence-electron chi connectivity index (χ3n) is 4.05. The van der Waals surface area contributed by atoms with Gasteiger partial charge in [0.05, 0.1) is 17.7 Å². The van der Waals surface area contributed by atoms with Gasteiger partial charge in [-0.25, -0.2) is 0 Å². The molecule has 0 unspecified atom stereocenters. The Morgan fingerprint density at radius 3 is 2.50 bits per heavy atom. The molecular weight excluding hydrogens is 394 g/mol. The van der Waals surface area contributed by atoms with Crippen LogP contribution < -0.4 is 10.3 Å². The Morgan fingerprint density at radius 1 is 1.04 bits per heavy atom. The molecule has 0 amide bonds. The van der Waals surface area contributed by atoms with E-state index in [1.807, 2.05) is 62.4 Å². The number of aromatic nitrogens is 1. The van der Waals surface area contributed by atoms with Crippen LogP contribution in [-0.4, -0.2) is 16.4 Å². The number of fused-ring (bicyclic) bond motifs is 1. The van der Waals surface area contributed by atoms with Gasteiger partial charge in [0.25, 0.3) is 0 Å². The van der Waals surface area contributed by atoms with E-state index in [1.54, 1.807) is 0 Å². The molecule has 0 spiro atoms. The van der Waals surface area contributed by atoms with Crippen LogP contribution in [0.2, 0.25) is 0 Å². The number of aromatic amines is 1. The average Bonchev–Trinajstić information content (AvgIpc) is 2.65. The van der Waals surface area contributed by atoms with Crippen molar-refractivity contribution in [1.29, 1.82) is 0 Å². The molecule has 3 rings (SSSR count). The van der Waals surface area contributed by atoms with E-state index in [2.05, 4.69) is 20.9 Å². The van der Waals surface area contributed by atoms with Crippen molar-refractivity contribution in [2.75, 3.05) is 5.33 Å². The molecule has 26 heavy (non-hydrogen) atoms. The molecule has 0 saturated heterocycles. The minimum absolute atomic E-state index is 0.101. The quantitative estimate of drug-likeness (QED) is 0.554. The summed E-state index contributed by atoms with van der Waals surface area (Å²) in [7, 11) is 0. The standard InChI is InChI=1S/C21H22BrNO3/c1-14(2)26-19(12-22)16-8-10-18(21-17(16)9-11-20(24)23-21)25-13-15-6-4-3-5-7-15/h3-11,14,19H,12-13H2,1-2H3,(H,23,24)/t19-/m0/s1. The van der Waals surface area contributed by atoms with Crippen LogP contribution in [0.3, 0.4) is 0 Å². The molecule has 0 aliphatic heterocycles. The molecule has 0 saturated carbocycles. The number of ether oxygens (including phenoxy) is 2. The summed E-state index contributed by atoms with van der Waals surface area (Å²) in [6.45, 7) is 4.46. The molecule has 1 atom stereocenters. The van der Waals surface area contributed by atoms with E-state index >= 15 is 0 Å². The summed E-state index contributed by atoms with van der Waals surface area (Å²) in [5.74, 6) is 0.656. The van der Waals surface area contributed by atoms with Gasteiger partial charge in [0.2, 0.25) is 5.56 Å². The van der Waals surface area contributed by atoms with Gasteiger partial charge in [-0.15, -0.1) is 0 Å². The minimum Gasteiger partial charge on any atom is -0.487 e. The van der Waals surface area contributed by atoms with Crippen molar-refractivity contribution in [2.24, 2.45) is 0 Å². The number of benzene rings is 2. The van der Waals surface area contributed by atoms with Gasteiger partial charge in [-0.05, 0) is 37.1 Å². The van der Waals surface area contributed by atoms with Crippen LogP contribution in [0, 0.1) is 0 Å². The fraction of sp³-hybridized carbons (Fsp3) is 0.286. The summed E-state index contributed by atoms with van der Waals surface area (Å²) < 4.78 is 12.0. The van der Waals surface area contributed by atoms with Crippen LogP contribution in [0.1, 0.15) is 31.1 Å². The summed E-state index contributed by atoms with van der Waals surface area (Å²) >= 11 is 3.53. The second-order valence-corrected chi connectivity index (χ2v) is 7.01. The van der Waals surface area contributed by atoms with Crippen molar-refractivity contribution in [3.8, 4) is 5.75 Å². The van der Waals surface area contributed by atoms with Gasteiger partial charge >= 0.3 is 0 Å². The molecule has 136 valence electrons. The first-order chi connectivity index (χ1) is 12.6. The smallest absolute Gasteiger partial charge is 0.248 e. The number of H-pyrrole nitrogens is 1. The zero-order chi connectivity index (χ0) is 18.5. The molecule has 0 aliphatic carbocycles. The summed E-state index contributed by atoms with van der Waals surface area (Å²) in [6, 6.07) is 17.2. The van der Waals surface area contributed by atoms with Crippen molar-refractivity contribution >= 4 is 26.8 Å². The van der Waals surface area contributed by atoms with Gasteiger partial charge in [0.1, 0.15) is 12.4 Å². The van der Waals surface area contributed by atoms with Gasteiger partial charge < -0.3 is 14.5 Å². The summed E-state index contributed by atoms with van der Waals surface area (Å²) in [5, 5.41) is 1.60. The zero-order valence-electron chi connectivity index (χ0n) is 14.9. The van der Waals surface area contributed by atoms with Crippen LogP contribution in [-0.2, 0) is 11.3 Å². The predicted molar refractivity (Wildman–Crippen MR) is 108 cm³/mol. The topological polar surface area (TPSA) is 51.3 Å². The maximum absolute atomic E-state index is 11.9. The van der Waals surface area contributed by atoms with Gasteiger partial charge in [0.15, 0.2) is 0 Å². The number of hydrogen-bond acceptors (Lipinski definition) is 3. The monoisotopic (exact) mass is 415 g/mol. The van der Waals surface area contributed by atoms with E-state index in [4.69, 9.17) is 9.47 Å². The zero-order valence-corrected chi connectivity index (χ0v) is 16.5. The number of alkyl halides is 1. The molecule has 5 heteroatoms. The summed E-state index contributed by atoms with van der Waals surface area (Å²) in [5.41, 5.74) is 2.64. The molecule has 1 heterocycles. The first kappa shape index (κ1) is 18.7. The minimum atomic E-state index is -0.153. The molecule has 1 aromatic heterocycles. The van der Waals surface area contributed by atoms with Crippen molar-refractivity contribution < 1.29 is 9.47 Å². The first-order valence-electron chi connectivity index (χ1n) is 8.62. The van der Waals surface area contributed by atoms with Gasteiger partial charge in [-0.2, -0.15) is 0 Å². The van der Waals surface area contributed by atoms with Crippen LogP contribution in [0.4, 0.5) is 0 Å². The highest BCUT2D eigenvalue weighted by Gasteiger charge is 2.18. The fourth-order valence-electron chi connectivity index (χ4n) is 2.91. The molecule has 2 aromatic carbocycles. The summed E-state index contributed by atoms with van der Waals surface area (Å²) in [4.78, 5) is 14.8. The maximum Gasteiger partial charge on any atom is 0.248 e. The van der Waals surface area contributed by atoms with Crippen LogP contribution in [0.5, 0.6) is 5.75 Å². The predicted octanol–water partition coefficient (Wildman–Crippen LogP) is 4.97. The Hall–Kier alpha value is -2.11. The Morgan fingerprint density at radius 2 is 1.81 bits per heavy atom. The van der Waals surface area contributed by atoms with E-state index in [0.29, 0.717) is 23.2 Å². The lowest BCUT2D eigenvalue weighted by Crippen LogP contribution is -2.13. The van der Waals surface area contributed by atoms with E-state index in [1.165, 1.54) is 6.07 Å². The van der Waals surface area contributed by atoms with Crippen molar-refractivity contribution in [2.45, 2.75) is 32.7 Å². The lowest BCUT2D eigenvalue weighted by molar-refractivity contribution is 0.0222. The highest BCUT2D eigenvalue weighted by Crippen LogP contribution is 2.33. The highest BCUT2D eigenvalue weighted by atomic mass is 79.9. The van der Waals surface area contributed by atoms with Crippen LogP contribution in [0.15, 0.2) is 59.4 Å². The molecule has 0 fully saturated rings. The normalized spacial score (nSPS) is 12.5. The Kier molecular flexibility index (Phi) is 6.12. The lowest BCUT2D eigenvalue weighted by Gasteiger charge is -2.21. The molecule has 0 aliphatic rings. The number of nitrogens with one attached hydrogen (secondary N) is 1. The molecule has 0 radical (unpaired) electrons. The van der Waals surface area contributed by atoms with Crippen molar-refractivity contribution in [3.63, 3.8) is 0 Å². The van der Waals surface area contributed by atoms with Gasteiger partial charge in [0, 0.05) is 16.8 Å². The van der Waals surface area contributed by atoms with Gasteiger partial charge in [-0.1, -0.05) is 52.3 Å². The van der Waals surface area contributed by atoms with Crippen LogP contribution >= 0.6 is 15.9 Å².